The molecule has 1 unspecified atom stereocenters. The Morgan fingerprint density at radius 3 is 3.12 bits per heavy atom. The molecule has 0 radical (unpaired) electrons. The van der Waals surface area contributed by atoms with Crippen molar-refractivity contribution >= 4 is 5.78 Å². The molecule has 1 fully saturated rings. The third kappa shape index (κ3) is 2.57. The molecule has 0 amide bonds. The summed E-state index contributed by atoms with van der Waals surface area (Å²) in [6, 6.07) is 0. The minimum absolute atomic E-state index is 0.151. The summed E-state index contributed by atoms with van der Waals surface area (Å²) in [5.41, 5.74) is -0.580. The molecule has 4 heteroatoms. The fourth-order valence-corrected chi connectivity index (χ4v) is 2.28. The molecular weight excluding hydrogens is 216 g/mol. The van der Waals surface area contributed by atoms with Crippen molar-refractivity contribution in [3.8, 4) is 0 Å². The first-order valence-electron chi connectivity index (χ1n) is 6.33. The number of carbonyl (C=O) groups excluding carboxylic acids is 1. The molecule has 1 aromatic heterocycles. The summed E-state index contributed by atoms with van der Waals surface area (Å²) in [4.78, 5) is 16.5. The monoisotopic (exact) mass is 236 g/mol. The van der Waals surface area contributed by atoms with Crippen molar-refractivity contribution in [2.45, 2.75) is 51.7 Å². The van der Waals surface area contributed by atoms with Gasteiger partial charge in [-0.2, -0.15) is 0 Å². The molecule has 1 aliphatic rings. The number of imidazole rings is 1. The lowest BCUT2D eigenvalue weighted by atomic mass is 9.95. The molecule has 0 bridgehead atoms. The molecule has 0 aromatic carbocycles. The second-order valence-corrected chi connectivity index (χ2v) is 4.82. The van der Waals surface area contributed by atoms with Crippen LogP contribution in [-0.4, -0.2) is 27.5 Å². The molecule has 0 aliphatic carbocycles. The van der Waals surface area contributed by atoms with Crippen molar-refractivity contribution in [1.82, 2.24) is 9.55 Å². The highest BCUT2D eigenvalue weighted by Crippen LogP contribution is 2.27. The molecule has 1 aromatic rings. The van der Waals surface area contributed by atoms with Gasteiger partial charge in [0.25, 0.3) is 0 Å². The Morgan fingerprint density at radius 2 is 2.47 bits per heavy atom. The molecule has 17 heavy (non-hydrogen) atoms. The van der Waals surface area contributed by atoms with E-state index in [2.05, 4.69) is 16.5 Å². The summed E-state index contributed by atoms with van der Waals surface area (Å²) in [6.07, 6.45) is 6.93. The molecule has 0 spiro atoms. The number of aryl methyl sites for hydroxylation is 1. The number of ether oxygens (including phenoxy) is 1. The number of hydrogen-bond donors (Lipinski definition) is 0. The Balaban J connectivity index is 2.04. The summed E-state index contributed by atoms with van der Waals surface area (Å²) >= 11 is 0. The molecule has 1 saturated heterocycles. The van der Waals surface area contributed by atoms with Gasteiger partial charge < -0.3 is 9.30 Å². The Hall–Kier alpha value is -1.16. The number of nitrogens with zero attached hydrogens (tertiary/aromatic N) is 2. The van der Waals surface area contributed by atoms with E-state index in [-0.39, 0.29) is 5.78 Å². The second kappa shape index (κ2) is 5.00. The lowest BCUT2D eigenvalue weighted by Gasteiger charge is -2.21. The Kier molecular flexibility index (Phi) is 3.62. The van der Waals surface area contributed by atoms with Crippen LogP contribution in [0.15, 0.2) is 12.4 Å². The minimum atomic E-state index is -0.580. The smallest absolute Gasteiger partial charge is 0.171 e. The Morgan fingerprint density at radius 1 is 1.65 bits per heavy atom. The third-order valence-corrected chi connectivity index (χ3v) is 3.39. The topological polar surface area (TPSA) is 44.1 Å². The molecule has 0 N–H and O–H groups in total. The van der Waals surface area contributed by atoms with Crippen molar-refractivity contribution in [3.05, 3.63) is 18.2 Å². The second-order valence-electron chi connectivity index (χ2n) is 4.82. The maximum absolute atomic E-state index is 12.2. The van der Waals surface area contributed by atoms with Crippen LogP contribution >= 0.6 is 0 Å². The van der Waals surface area contributed by atoms with Crippen LogP contribution in [0.1, 0.15) is 38.9 Å². The predicted molar refractivity (Wildman–Crippen MR) is 64.8 cm³/mol. The highest BCUT2D eigenvalue weighted by molar-refractivity contribution is 5.88. The lowest BCUT2D eigenvalue weighted by Crippen LogP contribution is -2.36. The number of ketones is 1. The molecule has 1 atom stereocenters. The highest BCUT2D eigenvalue weighted by atomic mass is 16.5. The molecule has 2 heterocycles. The van der Waals surface area contributed by atoms with Crippen molar-refractivity contribution in [2.75, 3.05) is 6.61 Å². The molecular formula is C13H20N2O2. The zero-order chi connectivity index (χ0) is 12.3. The first kappa shape index (κ1) is 12.3. The van der Waals surface area contributed by atoms with Crippen LogP contribution in [0.3, 0.4) is 0 Å². The maximum atomic E-state index is 12.2. The number of hydrogen-bond acceptors (Lipinski definition) is 3. The van der Waals surface area contributed by atoms with Crippen molar-refractivity contribution in [1.29, 1.82) is 0 Å². The summed E-state index contributed by atoms with van der Waals surface area (Å²) in [6.45, 7) is 5.63. The highest BCUT2D eigenvalue weighted by Gasteiger charge is 2.37. The lowest BCUT2D eigenvalue weighted by molar-refractivity contribution is -0.136. The molecule has 0 saturated carbocycles. The zero-order valence-corrected chi connectivity index (χ0v) is 10.6. The van der Waals surface area contributed by atoms with Gasteiger partial charge in [0.15, 0.2) is 5.78 Å². The van der Waals surface area contributed by atoms with Gasteiger partial charge in [-0.15, -0.1) is 0 Å². The van der Waals surface area contributed by atoms with E-state index < -0.39 is 5.60 Å². The Bertz CT molecular complexity index is 392. The SMILES string of the molecule is CCCn1ccnc1CC(=O)C1(C)CCCO1. The molecule has 4 nitrogen and oxygen atoms in total. The van der Waals surface area contributed by atoms with Crippen molar-refractivity contribution in [2.24, 2.45) is 0 Å². The van der Waals surface area contributed by atoms with E-state index in [9.17, 15) is 4.79 Å². The van der Waals surface area contributed by atoms with Crippen LogP contribution in [0.2, 0.25) is 0 Å². The molecule has 1 aliphatic heterocycles. The van der Waals surface area contributed by atoms with E-state index in [0.29, 0.717) is 13.0 Å². The fraction of sp³-hybridized carbons (Fsp3) is 0.692. The summed E-state index contributed by atoms with van der Waals surface area (Å²) in [5, 5.41) is 0. The summed E-state index contributed by atoms with van der Waals surface area (Å²) in [7, 11) is 0. The van der Waals surface area contributed by atoms with E-state index in [1.54, 1.807) is 6.20 Å². The third-order valence-electron chi connectivity index (χ3n) is 3.39. The number of Topliss-reactive ketones (excluding diaryl/α,β-unsaturated/α-hetero) is 1. The fourth-order valence-electron chi connectivity index (χ4n) is 2.28. The van der Waals surface area contributed by atoms with Gasteiger partial charge in [0.1, 0.15) is 11.4 Å². The number of rotatable bonds is 5. The van der Waals surface area contributed by atoms with Gasteiger partial charge in [-0.25, -0.2) is 4.98 Å². The van der Waals surface area contributed by atoms with Gasteiger partial charge in [-0.05, 0) is 26.2 Å². The first-order valence-corrected chi connectivity index (χ1v) is 6.33. The normalized spacial score (nSPS) is 24.1. The first-order chi connectivity index (χ1) is 8.15. The van der Waals surface area contributed by atoms with E-state index in [1.807, 2.05) is 13.1 Å². The van der Waals surface area contributed by atoms with Gasteiger partial charge in [0, 0.05) is 25.5 Å². The van der Waals surface area contributed by atoms with Gasteiger partial charge in [-0.1, -0.05) is 6.92 Å². The zero-order valence-electron chi connectivity index (χ0n) is 10.6. The number of aromatic nitrogens is 2. The van der Waals surface area contributed by atoms with E-state index in [4.69, 9.17) is 4.74 Å². The van der Waals surface area contributed by atoms with Crippen molar-refractivity contribution in [3.63, 3.8) is 0 Å². The van der Waals surface area contributed by atoms with Crippen LogP contribution in [0.5, 0.6) is 0 Å². The van der Waals surface area contributed by atoms with E-state index >= 15 is 0 Å². The average Bonchev–Trinajstić information content (AvgIpc) is 2.90. The standard InChI is InChI=1S/C13H20N2O2/c1-3-7-15-8-6-14-12(15)10-11(16)13(2)5-4-9-17-13/h6,8H,3-5,7,9-10H2,1-2H3. The van der Waals surface area contributed by atoms with E-state index in [0.717, 1.165) is 31.6 Å². The molecule has 94 valence electrons. The summed E-state index contributed by atoms with van der Waals surface area (Å²) < 4.78 is 7.62. The van der Waals surface area contributed by atoms with Gasteiger partial charge in [0.2, 0.25) is 0 Å². The van der Waals surface area contributed by atoms with Crippen LogP contribution in [0, 0.1) is 0 Å². The van der Waals surface area contributed by atoms with Gasteiger partial charge in [0.05, 0.1) is 6.42 Å². The van der Waals surface area contributed by atoms with Crippen LogP contribution < -0.4 is 0 Å². The maximum Gasteiger partial charge on any atom is 0.171 e. The van der Waals surface area contributed by atoms with Gasteiger partial charge >= 0.3 is 0 Å². The minimum Gasteiger partial charge on any atom is -0.367 e. The Labute approximate surface area is 102 Å². The van der Waals surface area contributed by atoms with Crippen LogP contribution in [0.25, 0.3) is 0 Å². The van der Waals surface area contributed by atoms with Crippen molar-refractivity contribution < 1.29 is 9.53 Å². The number of carbonyl (C=O) groups is 1. The summed E-state index contributed by atoms with van der Waals surface area (Å²) in [5.74, 6) is 1.01. The predicted octanol–water partition coefficient (Wildman–Crippen LogP) is 1.97. The largest absolute Gasteiger partial charge is 0.367 e. The van der Waals surface area contributed by atoms with E-state index in [1.165, 1.54) is 0 Å². The van der Waals surface area contributed by atoms with Crippen LogP contribution in [-0.2, 0) is 22.5 Å². The average molecular weight is 236 g/mol. The molecule has 2 rings (SSSR count). The van der Waals surface area contributed by atoms with Crippen LogP contribution in [0.4, 0.5) is 0 Å². The van der Waals surface area contributed by atoms with Gasteiger partial charge in [-0.3, -0.25) is 4.79 Å². The quantitative estimate of drug-likeness (QED) is 0.785.